The summed E-state index contributed by atoms with van der Waals surface area (Å²) in [5, 5.41) is 2.80. The minimum Gasteiger partial charge on any atom is -0.378 e. The summed E-state index contributed by atoms with van der Waals surface area (Å²) in [5.74, 6) is -1.10. The SMILES string of the molecule is COCc1cc(=O)[nH]c(NCc2cc(F)cc(F)c2)n1. The van der Waals surface area contributed by atoms with Gasteiger partial charge in [-0.3, -0.25) is 9.78 Å². The highest BCUT2D eigenvalue weighted by Gasteiger charge is 2.03. The van der Waals surface area contributed by atoms with E-state index in [1.807, 2.05) is 0 Å². The van der Waals surface area contributed by atoms with Crippen LogP contribution < -0.4 is 10.9 Å². The van der Waals surface area contributed by atoms with Gasteiger partial charge in [0.25, 0.3) is 5.56 Å². The molecule has 0 aliphatic heterocycles. The Labute approximate surface area is 113 Å². The predicted octanol–water partition coefficient (Wildman–Crippen LogP) is 1.81. The zero-order valence-electron chi connectivity index (χ0n) is 10.7. The largest absolute Gasteiger partial charge is 0.378 e. The summed E-state index contributed by atoms with van der Waals surface area (Å²) in [6.07, 6.45) is 0. The van der Waals surface area contributed by atoms with Gasteiger partial charge < -0.3 is 10.1 Å². The number of methoxy groups -OCH3 is 1. The fraction of sp³-hybridized carbons (Fsp3) is 0.231. The van der Waals surface area contributed by atoms with E-state index in [1.54, 1.807) is 0 Å². The van der Waals surface area contributed by atoms with E-state index in [1.165, 1.54) is 25.3 Å². The number of nitrogens with one attached hydrogen (secondary N) is 2. The lowest BCUT2D eigenvalue weighted by molar-refractivity contribution is 0.181. The van der Waals surface area contributed by atoms with Gasteiger partial charge in [0.05, 0.1) is 12.3 Å². The minimum atomic E-state index is -0.656. The second kappa shape index (κ2) is 6.25. The van der Waals surface area contributed by atoms with Crippen molar-refractivity contribution >= 4 is 5.95 Å². The van der Waals surface area contributed by atoms with Crippen molar-refractivity contribution in [2.45, 2.75) is 13.2 Å². The molecule has 0 fully saturated rings. The zero-order valence-corrected chi connectivity index (χ0v) is 10.7. The normalized spacial score (nSPS) is 10.6. The monoisotopic (exact) mass is 281 g/mol. The number of anilines is 1. The number of aromatic nitrogens is 2. The van der Waals surface area contributed by atoms with Crippen LogP contribution >= 0.6 is 0 Å². The molecule has 1 aromatic heterocycles. The lowest BCUT2D eigenvalue weighted by Crippen LogP contribution is -2.14. The molecule has 106 valence electrons. The third kappa shape index (κ3) is 3.86. The van der Waals surface area contributed by atoms with E-state index in [-0.39, 0.29) is 24.7 Å². The number of aromatic amines is 1. The molecular formula is C13H13F2N3O2. The van der Waals surface area contributed by atoms with Gasteiger partial charge in [-0.25, -0.2) is 13.8 Å². The van der Waals surface area contributed by atoms with Crippen LogP contribution in [0.5, 0.6) is 0 Å². The van der Waals surface area contributed by atoms with Gasteiger partial charge in [0.1, 0.15) is 11.6 Å². The summed E-state index contributed by atoms with van der Waals surface area (Å²) < 4.78 is 30.9. The number of ether oxygens (including phenoxy) is 1. The molecule has 7 heteroatoms. The summed E-state index contributed by atoms with van der Waals surface area (Å²) in [4.78, 5) is 18.0. The van der Waals surface area contributed by atoms with E-state index in [9.17, 15) is 13.6 Å². The Kier molecular flexibility index (Phi) is 4.41. The number of hydrogen-bond acceptors (Lipinski definition) is 4. The Morgan fingerprint density at radius 3 is 2.60 bits per heavy atom. The van der Waals surface area contributed by atoms with Crippen LogP contribution in [-0.2, 0) is 17.9 Å². The number of H-pyrrole nitrogens is 1. The topological polar surface area (TPSA) is 67.0 Å². The molecule has 0 bridgehead atoms. The molecule has 0 amide bonds. The molecule has 0 saturated heterocycles. The fourth-order valence-corrected chi connectivity index (χ4v) is 1.71. The van der Waals surface area contributed by atoms with Crippen LogP contribution in [0.4, 0.5) is 14.7 Å². The zero-order chi connectivity index (χ0) is 14.5. The molecular weight excluding hydrogens is 268 g/mol. The molecule has 0 spiro atoms. The molecule has 20 heavy (non-hydrogen) atoms. The van der Waals surface area contributed by atoms with Crippen LogP contribution in [0, 0.1) is 11.6 Å². The van der Waals surface area contributed by atoms with E-state index in [0.717, 1.165) is 6.07 Å². The standard InChI is InChI=1S/C13H13F2N3O2/c1-20-7-11-5-12(19)18-13(17-11)16-6-8-2-9(14)4-10(15)3-8/h2-5H,6-7H2,1H3,(H2,16,17,18,19). The average molecular weight is 281 g/mol. The highest BCUT2D eigenvalue weighted by atomic mass is 19.1. The second-order valence-electron chi connectivity index (χ2n) is 4.15. The van der Waals surface area contributed by atoms with Gasteiger partial charge in [-0.05, 0) is 17.7 Å². The molecule has 0 aliphatic carbocycles. The Balaban J connectivity index is 2.12. The van der Waals surface area contributed by atoms with Crippen molar-refractivity contribution in [3.63, 3.8) is 0 Å². The molecule has 0 unspecified atom stereocenters. The lowest BCUT2D eigenvalue weighted by atomic mass is 10.2. The molecule has 1 aromatic carbocycles. The lowest BCUT2D eigenvalue weighted by Gasteiger charge is -2.07. The summed E-state index contributed by atoms with van der Waals surface area (Å²) in [6, 6.07) is 4.51. The van der Waals surface area contributed by atoms with Gasteiger partial charge >= 0.3 is 0 Å². The molecule has 0 radical (unpaired) electrons. The smallest absolute Gasteiger partial charge is 0.252 e. The summed E-state index contributed by atoms with van der Waals surface area (Å²) in [6.45, 7) is 0.335. The van der Waals surface area contributed by atoms with Gasteiger partial charge in [-0.1, -0.05) is 0 Å². The number of benzene rings is 1. The van der Waals surface area contributed by atoms with Crippen molar-refractivity contribution in [3.8, 4) is 0 Å². The van der Waals surface area contributed by atoms with Gasteiger partial charge in [0.15, 0.2) is 0 Å². The fourth-order valence-electron chi connectivity index (χ4n) is 1.71. The van der Waals surface area contributed by atoms with Crippen LogP contribution in [0.1, 0.15) is 11.3 Å². The number of rotatable bonds is 5. The number of nitrogens with zero attached hydrogens (tertiary/aromatic N) is 1. The van der Waals surface area contributed by atoms with Crippen LogP contribution in [0.15, 0.2) is 29.1 Å². The predicted molar refractivity (Wildman–Crippen MR) is 69.3 cm³/mol. The van der Waals surface area contributed by atoms with Gasteiger partial charge in [-0.2, -0.15) is 0 Å². The Bertz CT molecular complexity index is 638. The molecule has 0 saturated carbocycles. The van der Waals surface area contributed by atoms with E-state index < -0.39 is 11.6 Å². The van der Waals surface area contributed by atoms with Crippen LogP contribution in [0.2, 0.25) is 0 Å². The highest BCUT2D eigenvalue weighted by Crippen LogP contribution is 2.09. The highest BCUT2D eigenvalue weighted by molar-refractivity contribution is 5.28. The first-order valence-electron chi connectivity index (χ1n) is 5.85. The maximum atomic E-state index is 13.0. The number of hydrogen-bond donors (Lipinski definition) is 2. The van der Waals surface area contributed by atoms with E-state index in [4.69, 9.17) is 4.74 Å². The van der Waals surface area contributed by atoms with Crippen LogP contribution in [0.25, 0.3) is 0 Å². The van der Waals surface area contributed by atoms with Crippen molar-refractivity contribution in [1.29, 1.82) is 0 Å². The van der Waals surface area contributed by atoms with E-state index in [0.29, 0.717) is 11.3 Å². The third-order valence-electron chi connectivity index (χ3n) is 2.47. The van der Waals surface area contributed by atoms with Crippen molar-refractivity contribution < 1.29 is 13.5 Å². The first-order valence-corrected chi connectivity index (χ1v) is 5.85. The van der Waals surface area contributed by atoms with Crippen molar-refractivity contribution in [1.82, 2.24) is 9.97 Å². The number of halogens is 2. The first-order chi connectivity index (χ1) is 9.56. The van der Waals surface area contributed by atoms with Gasteiger partial charge in [0.2, 0.25) is 5.95 Å². The molecule has 2 rings (SSSR count). The van der Waals surface area contributed by atoms with E-state index >= 15 is 0 Å². The molecule has 0 aliphatic rings. The minimum absolute atomic E-state index is 0.133. The van der Waals surface area contributed by atoms with Crippen molar-refractivity contribution in [2.75, 3.05) is 12.4 Å². The summed E-state index contributed by atoms with van der Waals surface area (Å²) >= 11 is 0. The summed E-state index contributed by atoms with van der Waals surface area (Å²) in [7, 11) is 1.49. The Hall–Kier alpha value is -2.28. The molecule has 5 nitrogen and oxygen atoms in total. The van der Waals surface area contributed by atoms with Gasteiger partial charge in [-0.15, -0.1) is 0 Å². The first kappa shape index (κ1) is 14.1. The molecule has 2 N–H and O–H groups in total. The molecule has 1 heterocycles. The van der Waals surface area contributed by atoms with Crippen molar-refractivity contribution in [2.24, 2.45) is 0 Å². The maximum Gasteiger partial charge on any atom is 0.252 e. The van der Waals surface area contributed by atoms with Crippen LogP contribution in [0.3, 0.4) is 0 Å². The van der Waals surface area contributed by atoms with Crippen LogP contribution in [-0.4, -0.2) is 17.1 Å². The quantitative estimate of drug-likeness (QED) is 0.877. The molecule has 2 aromatic rings. The average Bonchev–Trinajstić information content (AvgIpc) is 2.35. The summed E-state index contributed by atoms with van der Waals surface area (Å²) in [5.41, 5.74) is 0.534. The molecule has 0 atom stereocenters. The third-order valence-corrected chi connectivity index (χ3v) is 2.47. The van der Waals surface area contributed by atoms with Gasteiger partial charge in [0, 0.05) is 25.8 Å². The van der Waals surface area contributed by atoms with E-state index in [2.05, 4.69) is 15.3 Å². The Morgan fingerprint density at radius 2 is 1.95 bits per heavy atom. The van der Waals surface area contributed by atoms with Crippen molar-refractivity contribution in [3.05, 3.63) is 57.5 Å². The Morgan fingerprint density at radius 1 is 1.25 bits per heavy atom. The maximum absolute atomic E-state index is 13.0. The second-order valence-corrected chi connectivity index (χ2v) is 4.15.